The van der Waals surface area contributed by atoms with E-state index in [1.54, 1.807) is 11.7 Å². The third kappa shape index (κ3) is 4.83. The van der Waals surface area contributed by atoms with Gasteiger partial charge in [-0.2, -0.15) is 0 Å². The first kappa shape index (κ1) is 21.2. The van der Waals surface area contributed by atoms with Crippen LogP contribution in [0.2, 0.25) is 0 Å². The van der Waals surface area contributed by atoms with Gasteiger partial charge < -0.3 is 19.8 Å². The van der Waals surface area contributed by atoms with E-state index in [-0.39, 0.29) is 17.2 Å². The van der Waals surface area contributed by atoms with Crippen LogP contribution in [0.5, 0.6) is 11.5 Å². The van der Waals surface area contributed by atoms with Crippen LogP contribution in [-0.4, -0.2) is 23.3 Å². The fourth-order valence-electron chi connectivity index (χ4n) is 4.36. The molecule has 2 aromatic carbocycles. The first-order valence-electron chi connectivity index (χ1n) is 10.8. The molecule has 5 nitrogen and oxygen atoms in total. The highest BCUT2D eigenvalue weighted by Gasteiger charge is 2.31. The van der Waals surface area contributed by atoms with Crippen molar-refractivity contribution in [2.75, 3.05) is 7.11 Å². The summed E-state index contributed by atoms with van der Waals surface area (Å²) in [5.74, 6) is 1.61. The van der Waals surface area contributed by atoms with Crippen LogP contribution in [0.1, 0.15) is 37.7 Å². The second kappa shape index (κ2) is 8.98. The van der Waals surface area contributed by atoms with Gasteiger partial charge in [0.2, 0.25) is 0 Å². The Kier molecular flexibility index (Phi) is 6.14. The van der Waals surface area contributed by atoms with Gasteiger partial charge in [-0.15, -0.1) is 6.58 Å². The van der Waals surface area contributed by atoms with Gasteiger partial charge in [-0.25, -0.2) is 0 Å². The van der Waals surface area contributed by atoms with Gasteiger partial charge >= 0.3 is 0 Å². The van der Waals surface area contributed by atoms with Crippen molar-refractivity contribution in [1.29, 1.82) is 0 Å². The summed E-state index contributed by atoms with van der Waals surface area (Å²) >= 11 is 0. The molecule has 1 fully saturated rings. The van der Waals surface area contributed by atoms with Crippen molar-refractivity contribution >= 4 is 10.8 Å². The third-order valence-electron chi connectivity index (χ3n) is 6.24. The number of nitrogens with two attached hydrogens (primary N) is 1. The van der Waals surface area contributed by atoms with Crippen molar-refractivity contribution in [2.24, 2.45) is 5.73 Å². The summed E-state index contributed by atoms with van der Waals surface area (Å²) in [4.78, 5) is 13.0. The Labute approximate surface area is 183 Å². The van der Waals surface area contributed by atoms with Crippen LogP contribution in [-0.2, 0) is 6.54 Å². The number of ether oxygens (including phenoxy) is 2. The minimum atomic E-state index is -0.139. The van der Waals surface area contributed by atoms with E-state index < -0.39 is 0 Å². The van der Waals surface area contributed by atoms with E-state index in [4.69, 9.17) is 15.2 Å². The molecule has 1 aromatic heterocycles. The lowest BCUT2D eigenvalue weighted by Crippen LogP contribution is -2.44. The normalized spacial score (nSPS) is 21.0. The summed E-state index contributed by atoms with van der Waals surface area (Å²) < 4.78 is 13.1. The molecule has 0 saturated heterocycles. The van der Waals surface area contributed by atoms with Crippen LogP contribution in [0, 0.1) is 0 Å². The molecule has 0 amide bonds. The van der Waals surface area contributed by atoms with Crippen LogP contribution in [0.25, 0.3) is 10.8 Å². The van der Waals surface area contributed by atoms with Gasteiger partial charge in [-0.3, -0.25) is 4.79 Å². The Balaban J connectivity index is 1.47. The first-order valence-corrected chi connectivity index (χ1v) is 10.8. The SMILES string of the molecule is C=CCC1(N)CCC(Oc2ccc3c(=O)n(Cc4ccc(OC)cc4)ccc3c2)CC1. The van der Waals surface area contributed by atoms with E-state index in [2.05, 4.69) is 6.58 Å². The van der Waals surface area contributed by atoms with E-state index in [0.29, 0.717) is 11.9 Å². The average molecular weight is 419 g/mol. The van der Waals surface area contributed by atoms with Crippen molar-refractivity contribution in [1.82, 2.24) is 4.57 Å². The number of benzene rings is 2. The molecule has 3 aromatic rings. The number of aromatic nitrogens is 1. The summed E-state index contributed by atoms with van der Waals surface area (Å²) in [6, 6.07) is 15.5. The molecule has 0 bridgehead atoms. The highest BCUT2D eigenvalue weighted by molar-refractivity contribution is 5.82. The number of fused-ring (bicyclic) bond motifs is 1. The molecule has 0 radical (unpaired) electrons. The molecule has 0 atom stereocenters. The minimum Gasteiger partial charge on any atom is -0.497 e. The summed E-state index contributed by atoms with van der Waals surface area (Å²) in [5.41, 5.74) is 7.33. The number of hydrogen-bond donors (Lipinski definition) is 1. The predicted octanol–water partition coefficient (Wildman–Crippen LogP) is 4.65. The molecule has 1 heterocycles. The van der Waals surface area contributed by atoms with E-state index in [1.807, 2.05) is 60.8 Å². The van der Waals surface area contributed by atoms with E-state index in [1.165, 1.54) is 0 Å². The largest absolute Gasteiger partial charge is 0.497 e. The van der Waals surface area contributed by atoms with Crippen LogP contribution < -0.4 is 20.8 Å². The fourth-order valence-corrected chi connectivity index (χ4v) is 4.36. The Hall–Kier alpha value is -3.05. The lowest BCUT2D eigenvalue weighted by Gasteiger charge is -2.36. The number of pyridine rings is 1. The van der Waals surface area contributed by atoms with Crippen molar-refractivity contribution in [3.8, 4) is 11.5 Å². The zero-order valence-electron chi connectivity index (χ0n) is 18.0. The standard InChI is InChI=1S/C26H30N2O3/c1-3-13-26(27)14-10-22(11-15-26)31-23-8-9-24-20(17-23)12-16-28(25(24)29)18-19-4-6-21(30-2)7-5-19/h3-9,12,16-17,22H,1,10-11,13-15,18,27H2,2H3. The molecule has 162 valence electrons. The van der Waals surface area contributed by atoms with Crippen LogP contribution in [0.4, 0.5) is 0 Å². The maximum Gasteiger partial charge on any atom is 0.258 e. The molecular formula is C26H30N2O3. The maximum atomic E-state index is 13.0. The highest BCUT2D eigenvalue weighted by atomic mass is 16.5. The van der Waals surface area contributed by atoms with Gasteiger partial charge in [-0.05, 0) is 79.5 Å². The summed E-state index contributed by atoms with van der Waals surface area (Å²) in [6.07, 6.45) is 8.51. The molecule has 0 unspecified atom stereocenters. The predicted molar refractivity (Wildman–Crippen MR) is 125 cm³/mol. The first-order chi connectivity index (χ1) is 15.0. The summed E-state index contributed by atoms with van der Waals surface area (Å²) in [7, 11) is 1.64. The molecule has 4 rings (SSSR count). The van der Waals surface area contributed by atoms with E-state index in [0.717, 1.165) is 54.6 Å². The number of methoxy groups -OCH3 is 1. The molecular weight excluding hydrogens is 388 g/mol. The number of nitrogens with zero attached hydrogens (tertiary/aromatic N) is 1. The third-order valence-corrected chi connectivity index (χ3v) is 6.24. The van der Waals surface area contributed by atoms with Crippen molar-refractivity contribution in [3.63, 3.8) is 0 Å². The summed E-state index contributed by atoms with van der Waals surface area (Å²) in [6.45, 7) is 4.33. The Morgan fingerprint density at radius 2 is 1.84 bits per heavy atom. The zero-order valence-corrected chi connectivity index (χ0v) is 18.0. The molecule has 31 heavy (non-hydrogen) atoms. The second-order valence-electron chi connectivity index (χ2n) is 8.52. The molecule has 2 N–H and O–H groups in total. The van der Waals surface area contributed by atoms with Crippen molar-refractivity contribution in [2.45, 2.75) is 50.3 Å². The van der Waals surface area contributed by atoms with Gasteiger partial charge in [-0.1, -0.05) is 18.2 Å². The van der Waals surface area contributed by atoms with Gasteiger partial charge in [0.25, 0.3) is 5.56 Å². The Morgan fingerprint density at radius 1 is 1.13 bits per heavy atom. The highest BCUT2D eigenvalue weighted by Crippen LogP contribution is 2.32. The molecule has 1 aliphatic carbocycles. The lowest BCUT2D eigenvalue weighted by molar-refractivity contribution is 0.119. The Morgan fingerprint density at radius 3 is 2.52 bits per heavy atom. The minimum absolute atomic E-state index is 0.00475. The van der Waals surface area contributed by atoms with Gasteiger partial charge in [0, 0.05) is 17.1 Å². The molecule has 5 heteroatoms. The topological polar surface area (TPSA) is 66.5 Å². The van der Waals surface area contributed by atoms with Crippen LogP contribution in [0.15, 0.2) is 72.2 Å². The van der Waals surface area contributed by atoms with Gasteiger partial charge in [0.1, 0.15) is 11.5 Å². The molecule has 0 spiro atoms. The van der Waals surface area contributed by atoms with Gasteiger partial charge in [0.15, 0.2) is 0 Å². The monoisotopic (exact) mass is 418 g/mol. The van der Waals surface area contributed by atoms with Crippen LogP contribution in [0.3, 0.4) is 0 Å². The van der Waals surface area contributed by atoms with Crippen molar-refractivity contribution < 1.29 is 9.47 Å². The molecule has 0 aliphatic heterocycles. The van der Waals surface area contributed by atoms with Crippen molar-refractivity contribution in [3.05, 3.63) is 83.3 Å². The average Bonchev–Trinajstić information content (AvgIpc) is 2.78. The lowest BCUT2D eigenvalue weighted by atomic mass is 9.79. The number of hydrogen-bond acceptors (Lipinski definition) is 4. The quantitative estimate of drug-likeness (QED) is 0.567. The zero-order chi connectivity index (χ0) is 21.8. The maximum absolute atomic E-state index is 13.0. The van der Waals surface area contributed by atoms with E-state index >= 15 is 0 Å². The van der Waals surface area contributed by atoms with Gasteiger partial charge in [0.05, 0.1) is 19.8 Å². The second-order valence-corrected chi connectivity index (χ2v) is 8.52. The van der Waals surface area contributed by atoms with E-state index in [9.17, 15) is 4.79 Å². The summed E-state index contributed by atoms with van der Waals surface area (Å²) in [5, 5.41) is 1.59. The molecule has 1 saturated carbocycles. The molecule has 1 aliphatic rings. The fraction of sp³-hybridized carbons (Fsp3) is 0.346. The number of rotatable bonds is 7. The van der Waals surface area contributed by atoms with Crippen LogP contribution >= 0.6 is 0 Å². The Bertz CT molecular complexity index is 1110. The smallest absolute Gasteiger partial charge is 0.258 e.